The maximum Gasteiger partial charge on any atom is 0.256 e. The Bertz CT molecular complexity index is 1190. The lowest BCUT2D eigenvalue weighted by molar-refractivity contribution is 0.0933. The number of benzene rings is 1. The molecule has 0 saturated carbocycles. The van der Waals surface area contributed by atoms with Crippen LogP contribution in [0.3, 0.4) is 0 Å². The van der Waals surface area contributed by atoms with Crippen molar-refractivity contribution < 1.29 is 4.79 Å². The van der Waals surface area contributed by atoms with Crippen molar-refractivity contribution in [3.63, 3.8) is 0 Å². The Morgan fingerprint density at radius 1 is 1.13 bits per heavy atom. The number of carbonyl (C=O) groups is 1. The minimum Gasteiger partial charge on any atom is -0.335 e. The number of para-hydroxylation sites is 1. The zero-order chi connectivity index (χ0) is 21.2. The first-order valence-corrected chi connectivity index (χ1v) is 10.9. The molecule has 156 valence electrons. The molecular weight excluding hydrogens is 408 g/mol. The molecule has 31 heavy (non-hydrogen) atoms. The van der Waals surface area contributed by atoms with Gasteiger partial charge in [0.15, 0.2) is 0 Å². The molecule has 2 unspecified atom stereocenters. The summed E-state index contributed by atoms with van der Waals surface area (Å²) in [6.07, 6.45) is 5.79. The fourth-order valence-corrected chi connectivity index (χ4v) is 4.62. The van der Waals surface area contributed by atoms with Gasteiger partial charge < -0.3 is 5.32 Å². The number of thiophene rings is 1. The standard InChI is InChI=1S/C23H22N6OS/c1-15-9-10-20(31-15)19-12-21(27-26-19)25-23(30)18-14-29(17-7-3-2-4-8-17)28-22(18)16-6-5-11-24-13-16/h2-11,13-14,19,21,26-27H,12H2,1H3,(H,25,30). The first-order valence-electron chi connectivity index (χ1n) is 10.1. The second-order valence-corrected chi connectivity index (χ2v) is 8.78. The quantitative estimate of drug-likeness (QED) is 0.451. The topological polar surface area (TPSA) is 83.9 Å². The molecule has 7 nitrogen and oxygen atoms in total. The molecule has 0 aliphatic carbocycles. The molecule has 2 atom stereocenters. The monoisotopic (exact) mass is 430 g/mol. The van der Waals surface area contributed by atoms with Crippen LogP contribution in [-0.4, -0.2) is 26.8 Å². The van der Waals surface area contributed by atoms with Gasteiger partial charge in [-0.15, -0.1) is 11.3 Å². The van der Waals surface area contributed by atoms with Crippen molar-refractivity contribution >= 4 is 17.2 Å². The first kappa shape index (κ1) is 19.6. The number of aryl methyl sites for hydroxylation is 1. The normalized spacial score (nSPS) is 18.2. The summed E-state index contributed by atoms with van der Waals surface area (Å²) in [5, 5.41) is 7.79. The van der Waals surface area contributed by atoms with Crippen LogP contribution in [0.1, 0.15) is 32.6 Å². The van der Waals surface area contributed by atoms with E-state index in [-0.39, 0.29) is 18.1 Å². The van der Waals surface area contributed by atoms with Crippen LogP contribution in [0, 0.1) is 6.92 Å². The molecule has 1 amide bonds. The van der Waals surface area contributed by atoms with Gasteiger partial charge in [-0.2, -0.15) is 5.10 Å². The average Bonchev–Trinajstić information content (AvgIpc) is 3.54. The molecule has 3 N–H and O–H groups in total. The van der Waals surface area contributed by atoms with Gasteiger partial charge in [-0.3, -0.25) is 9.78 Å². The lowest BCUT2D eigenvalue weighted by Crippen LogP contribution is -2.44. The van der Waals surface area contributed by atoms with Gasteiger partial charge in [0.05, 0.1) is 23.5 Å². The number of hydrogen-bond donors (Lipinski definition) is 3. The molecule has 1 aliphatic rings. The van der Waals surface area contributed by atoms with Gasteiger partial charge in [0.25, 0.3) is 5.91 Å². The fraction of sp³-hybridized carbons (Fsp3) is 0.174. The highest BCUT2D eigenvalue weighted by atomic mass is 32.1. The van der Waals surface area contributed by atoms with E-state index in [2.05, 4.69) is 40.2 Å². The van der Waals surface area contributed by atoms with Crippen molar-refractivity contribution in [3.8, 4) is 16.9 Å². The van der Waals surface area contributed by atoms with E-state index < -0.39 is 0 Å². The summed E-state index contributed by atoms with van der Waals surface area (Å²) >= 11 is 1.77. The number of aromatic nitrogens is 3. The van der Waals surface area contributed by atoms with Crippen LogP contribution in [-0.2, 0) is 0 Å². The first-order chi connectivity index (χ1) is 15.2. The van der Waals surface area contributed by atoms with Crippen LogP contribution < -0.4 is 16.2 Å². The third-order valence-corrected chi connectivity index (χ3v) is 6.34. The number of rotatable bonds is 5. The largest absolute Gasteiger partial charge is 0.335 e. The van der Waals surface area contributed by atoms with Crippen molar-refractivity contribution in [2.24, 2.45) is 0 Å². The number of carbonyl (C=O) groups excluding carboxylic acids is 1. The van der Waals surface area contributed by atoms with E-state index in [0.29, 0.717) is 11.3 Å². The molecule has 1 aromatic carbocycles. The van der Waals surface area contributed by atoms with Gasteiger partial charge in [0, 0.05) is 40.3 Å². The van der Waals surface area contributed by atoms with Crippen molar-refractivity contribution in [2.45, 2.75) is 25.6 Å². The lowest BCUT2D eigenvalue weighted by Gasteiger charge is -2.12. The molecule has 0 bridgehead atoms. The Hall–Kier alpha value is -3.33. The number of amides is 1. The SMILES string of the molecule is Cc1ccc(C2CC(NC(=O)c3cn(-c4ccccc4)nc3-c3cccnc3)NN2)s1. The highest BCUT2D eigenvalue weighted by molar-refractivity contribution is 7.12. The summed E-state index contributed by atoms with van der Waals surface area (Å²) in [5.41, 5.74) is 9.28. The second kappa shape index (κ2) is 8.43. The Morgan fingerprint density at radius 3 is 2.74 bits per heavy atom. The predicted molar refractivity (Wildman–Crippen MR) is 121 cm³/mol. The van der Waals surface area contributed by atoms with Gasteiger partial charge >= 0.3 is 0 Å². The summed E-state index contributed by atoms with van der Waals surface area (Å²) in [6, 6.07) is 17.9. The molecule has 5 rings (SSSR count). The van der Waals surface area contributed by atoms with E-state index >= 15 is 0 Å². The van der Waals surface area contributed by atoms with Crippen molar-refractivity contribution in [2.75, 3.05) is 0 Å². The van der Waals surface area contributed by atoms with Crippen LogP contribution in [0.15, 0.2) is 73.2 Å². The van der Waals surface area contributed by atoms with E-state index in [1.54, 1.807) is 34.6 Å². The van der Waals surface area contributed by atoms with Gasteiger partial charge in [0.2, 0.25) is 0 Å². The van der Waals surface area contributed by atoms with Crippen LogP contribution in [0.4, 0.5) is 0 Å². The molecule has 4 aromatic rings. The summed E-state index contributed by atoms with van der Waals surface area (Å²) in [5.74, 6) is -0.177. The zero-order valence-electron chi connectivity index (χ0n) is 16.9. The third-order valence-electron chi connectivity index (χ3n) is 5.23. The van der Waals surface area contributed by atoms with Crippen LogP contribution in [0.25, 0.3) is 16.9 Å². The van der Waals surface area contributed by atoms with E-state index in [1.165, 1.54) is 9.75 Å². The predicted octanol–water partition coefficient (Wildman–Crippen LogP) is 3.60. The number of hydrogen-bond acceptors (Lipinski definition) is 6. The van der Waals surface area contributed by atoms with Crippen molar-refractivity contribution in [3.05, 3.63) is 88.5 Å². The molecule has 1 fully saturated rings. The van der Waals surface area contributed by atoms with Crippen molar-refractivity contribution in [1.82, 2.24) is 30.9 Å². The van der Waals surface area contributed by atoms with E-state index in [4.69, 9.17) is 5.10 Å². The van der Waals surface area contributed by atoms with Gasteiger partial charge in [0.1, 0.15) is 5.69 Å². The molecule has 0 spiro atoms. The molecule has 1 aliphatic heterocycles. The Balaban J connectivity index is 1.40. The number of hydrazine groups is 1. The Morgan fingerprint density at radius 2 is 2.00 bits per heavy atom. The minimum absolute atomic E-state index is 0.175. The van der Waals surface area contributed by atoms with Crippen molar-refractivity contribution in [1.29, 1.82) is 0 Å². The summed E-state index contributed by atoms with van der Waals surface area (Å²) < 4.78 is 1.73. The zero-order valence-corrected chi connectivity index (χ0v) is 17.8. The minimum atomic E-state index is -0.179. The van der Waals surface area contributed by atoms with Crippen LogP contribution in [0.5, 0.6) is 0 Å². The third kappa shape index (κ3) is 4.13. The highest BCUT2D eigenvalue weighted by Crippen LogP contribution is 2.28. The molecule has 8 heteroatoms. The summed E-state index contributed by atoms with van der Waals surface area (Å²) in [7, 11) is 0. The number of nitrogens with zero attached hydrogens (tertiary/aromatic N) is 3. The second-order valence-electron chi connectivity index (χ2n) is 7.46. The summed E-state index contributed by atoms with van der Waals surface area (Å²) in [4.78, 5) is 20.0. The van der Waals surface area contributed by atoms with E-state index in [9.17, 15) is 4.79 Å². The maximum atomic E-state index is 13.2. The molecule has 3 aromatic heterocycles. The van der Waals surface area contributed by atoms with E-state index in [0.717, 1.165) is 17.7 Å². The van der Waals surface area contributed by atoms with Crippen LogP contribution >= 0.6 is 11.3 Å². The van der Waals surface area contributed by atoms with E-state index in [1.807, 2.05) is 42.5 Å². The summed E-state index contributed by atoms with van der Waals surface area (Å²) in [6.45, 7) is 2.10. The van der Waals surface area contributed by atoms with Gasteiger partial charge in [-0.25, -0.2) is 15.5 Å². The maximum absolute atomic E-state index is 13.2. The number of pyridine rings is 1. The molecular formula is C23H22N6OS. The lowest BCUT2D eigenvalue weighted by atomic mass is 10.1. The molecule has 4 heterocycles. The average molecular weight is 431 g/mol. The highest BCUT2D eigenvalue weighted by Gasteiger charge is 2.28. The van der Waals surface area contributed by atoms with Crippen LogP contribution in [0.2, 0.25) is 0 Å². The fourth-order valence-electron chi connectivity index (χ4n) is 3.68. The smallest absolute Gasteiger partial charge is 0.256 e. The Kier molecular flexibility index (Phi) is 5.33. The molecule has 1 saturated heterocycles. The van der Waals surface area contributed by atoms with Gasteiger partial charge in [-0.05, 0) is 43.3 Å². The molecule has 0 radical (unpaired) electrons. The Labute approximate surface area is 184 Å². The van der Waals surface area contributed by atoms with Gasteiger partial charge in [-0.1, -0.05) is 18.2 Å². The number of nitrogens with one attached hydrogen (secondary N) is 3.